The molecular formula is C79H52N6O6. The smallest absolute Gasteiger partial charge is 0.150 e. The van der Waals surface area contributed by atoms with Gasteiger partial charge < -0.3 is 14.2 Å². The Morgan fingerprint density at radius 1 is 0.275 bits per heavy atom. The molecule has 12 aromatic rings. The SMILES string of the molecule is O=Cc1ccc(C#Cc2ccc(-c3ccc(COc4ccccc4C(c4ccccc4OCc4ccc(-c5ccc(C#Cc6ccc(C=O)cc6)cn5)nc4)c4ccccc4OCc4ccc(-c5ccc(C#Cc6ccc(C=O)cc6)cn5)nc4)cn3)nc2)cc1. The number of pyridine rings is 6. The van der Waals surface area contributed by atoms with Crippen LogP contribution in [0.2, 0.25) is 0 Å². The van der Waals surface area contributed by atoms with E-state index in [-0.39, 0.29) is 19.8 Å². The van der Waals surface area contributed by atoms with Crippen LogP contribution >= 0.6 is 0 Å². The van der Waals surface area contributed by atoms with E-state index in [0.717, 1.165) is 85.6 Å². The van der Waals surface area contributed by atoms with Crippen molar-refractivity contribution < 1.29 is 28.6 Å². The summed E-state index contributed by atoms with van der Waals surface area (Å²) in [4.78, 5) is 61.4. The minimum Gasteiger partial charge on any atom is -0.489 e. The topological polar surface area (TPSA) is 156 Å². The summed E-state index contributed by atoms with van der Waals surface area (Å²) in [5.41, 5.74) is 15.9. The van der Waals surface area contributed by atoms with Gasteiger partial charge in [-0.25, -0.2) is 0 Å². The minimum atomic E-state index is -0.449. The Kier molecular flexibility index (Phi) is 18.5. The van der Waals surface area contributed by atoms with Gasteiger partial charge in [-0.1, -0.05) is 145 Å². The van der Waals surface area contributed by atoms with E-state index in [1.54, 1.807) is 73.6 Å². The van der Waals surface area contributed by atoms with Crippen LogP contribution in [0.1, 0.15) is 104 Å². The molecule has 0 bridgehead atoms. The van der Waals surface area contributed by atoms with Crippen LogP contribution in [0.5, 0.6) is 17.2 Å². The van der Waals surface area contributed by atoms with Crippen LogP contribution < -0.4 is 14.2 Å². The number of aldehydes is 3. The highest BCUT2D eigenvalue weighted by atomic mass is 16.5. The zero-order valence-electron chi connectivity index (χ0n) is 48.8. The number of carbonyl (C=O) groups is 3. The van der Waals surface area contributed by atoms with Gasteiger partial charge in [0, 0.05) is 127 Å². The number of ether oxygens (including phenoxy) is 3. The monoisotopic (exact) mass is 1180 g/mol. The van der Waals surface area contributed by atoms with Crippen LogP contribution in [0, 0.1) is 35.5 Å². The van der Waals surface area contributed by atoms with Gasteiger partial charge in [0.05, 0.1) is 34.2 Å². The van der Waals surface area contributed by atoms with E-state index in [1.165, 1.54) is 0 Å². The Morgan fingerprint density at radius 2 is 0.516 bits per heavy atom. The van der Waals surface area contributed by atoms with Gasteiger partial charge >= 0.3 is 0 Å². The van der Waals surface area contributed by atoms with E-state index < -0.39 is 5.92 Å². The van der Waals surface area contributed by atoms with Crippen molar-refractivity contribution in [3.05, 3.63) is 339 Å². The number of hydrogen-bond donors (Lipinski definition) is 0. The lowest BCUT2D eigenvalue weighted by molar-refractivity contribution is 0.111. The molecule has 0 aliphatic carbocycles. The van der Waals surface area contributed by atoms with E-state index in [1.807, 2.05) is 164 Å². The van der Waals surface area contributed by atoms with Gasteiger partial charge in [0.15, 0.2) is 0 Å². The molecule has 0 aliphatic rings. The molecule has 0 N–H and O–H groups in total. The van der Waals surface area contributed by atoms with Crippen molar-refractivity contribution in [1.82, 2.24) is 29.9 Å². The van der Waals surface area contributed by atoms with Crippen LogP contribution in [0.4, 0.5) is 0 Å². The molecule has 0 amide bonds. The van der Waals surface area contributed by atoms with E-state index in [0.29, 0.717) is 68.1 Å². The lowest BCUT2D eigenvalue weighted by Crippen LogP contribution is -2.11. The first-order chi connectivity index (χ1) is 44.9. The molecule has 6 heterocycles. The van der Waals surface area contributed by atoms with Crippen molar-refractivity contribution >= 4 is 18.9 Å². The van der Waals surface area contributed by atoms with Crippen LogP contribution in [0.3, 0.4) is 0 Å². The summed E-state index contributed by atoms with van der Waals surface area (Å²) < 4.78 is 20.3. The fourth-order valence-electron chi connectivity index (χ4n) is 9.75. The molecule has 0 spiro atoms. The Labute approximate surface area is 526 Å². The van der Waals surface area contributed by atoms with Crippen LogP contribution in [0.15, 0.2) is 256 Å². The number of carbonyl (C=O) groups excluding carboxylic acids is 3. The van der Waals surface area contributed by atoms with Gasteiger partial charge in [-0.2, -0.15) is 0 Å². The summed E-state index contributed by atoms with van der Waals surface area (Å²) in [6.07, 6.45) is 13.0. The number of hydrogen-bond acceptors (Lipinski definition) is 12. The lowest BCUT2D eigenvalue weighted by atomic mass is 9.83. The predicted molar refractivity (Wildman–Crippen MR) is 349 cm³/mol. The number of para-hydroxylation sites is 3. The van der Waals surface area contributed by atoms with E-state index in [9.17, 15) is 14.4 Å². The van der Waals surface area contributed by atoms with Gasteiger partial charge in [0.2, 0.25) is 0 Å². The summed E-state index contributed by atoms with van der Waals surface area (Å²) in [5, 5.41) is 0. The van der Waals surface area contributed by atoms with Crippen LogP contribution in [-0.4, -0.2) is 48.8 Å². The van der Waals surface area contributed by atoms with E-state index in [2.05, 4.69) is 68.7 Å². The Hall–Kier alpha value is -12.7. The van der Waals surface area contributed by atoms with Crippen molar-refractivity contribution in [3.8, 4) is 86.9 Å². The van der Waals surface area contributed by atoms with E-state index in [4.69, 9.17) is 29.2 Å². The maximum absolute atomic E-state index is 11.1. The third-order valence-electron chi connectivity index (χ3n) is 14.6. The second-order valence-electron chi connectivity index (χ2n) is 20.8. The maximum Gasteiger partial charge on any atom is 0.150 e. The fourth-order valence-corrected chi connectivity index (χ4v) is 9.75. The van der Waals surface area contributed by atoms with Gasteiger partial charge in [-0.05, 0) is 109 Å². The standard InChI is InChI=1S/C79H52N6O6/c86-49-61-25-16-55(17-26-61)13-22-58-31-37-70(80-43-58)73-40-34-64(46-83-73)52-89-76-10-4-1-7-67(76)79(68-8-2-5-11-77(68)90-53-65-35-41-74(84-47-65)71-38-32-59(44-81-71)23-14-56-18-27-62(50-87)28-19-56)69-9-3-6-12-78(69)91-54-66-36-42-75(85-48-66)72-39-33-60(45-82-72)24-15-57-20-29-63(51-88)30-21-57/h1-12,16-21,25-51,79H,52-54H2. The Bertz CT molecular complexity index is 4230. The third kappa shape index (κ3) is 15.1. The molecule has 0 fully saturated rings. The number of benzene rings is 6. The molecule has 0 aliphatic heterocycles. The van der Waals surface area contributed by atoms with Gasteiger partial charge in [0.1, 0.15) is 55.9 Å². The molecular weight excluding hydrogens is 1130 g/mol. The van der Waals surface area contributed by atoms with Crippen molar-refractivity contribution in [2.75, 3.05) is 0 Å². The average molecular weight is 1180 g/mol. The minimum absolute atomic E-state index is 0.231. The first-order valence-corrected chi connectivity index (χ1v) is 29.0. The summed E-state index contributed by atoms with van der Waals surface area (Å²) in [6.45, 7) is 0.693. The molecule has 0 saturated carbocycles. The zero-order chi connectivity index (χ0) is 62.0. The fraction of sp³-hybridized carbons (Fsp3) is 0.0506. The van der Waals surface area contributed by atoms with Gasteiger partial charge in [-0.15, -0.1) is 0 Å². The molecule has 0 atom stereocenters. The number of aromatic nitrogens is 6. The zero-order valence-corrected chi connectivity index (χ0v) is 48.8. The first-order valence-electron chi connectivity index (χ1n) is 29.0. The third-order valence-corrected chi connectivity index (χ3v) is 14.6. The summed E-state index contributed by atoms with van der Waals surface area (Å²) in [6, 6.07) is 68.6. The Morgan fingerprint density at radius 3 is 0.758 bits per heavy atom. The highest BCUT2D eigenvalue weighted by Crippen LogP contribution is 2.45. The molecule has 12 rings (SSSR count). The van der Waals surface area contributed by atoms with Crippen LogP contribution in [-0.2, 0) is 19.8 Å². The quantitative estimate of drug-likeness (QED) is 0.0456. The number of nitrogens with zero attached hydrogens (tertiary/aromatic N) is 6. The van der Waals surface area contributed by atoms with Crippen molar-refractivity contribution in [2.24, 2.45) is 0 Å². The van der Waals surface area contributed by atoms with Crippen molar-refractivity contribution in [1.29, 1.82) is 0 Å². The van der Waals surface area contributed by atoms with Crippen LogP contribution in [0.25, 0.3) is 34.2 Å². The maximum atomic E-state index is 11.1. The summed E-state index contributed by atoms with van der Waals surface area (Å²) >= 11 is 0. The molecule has 6 aromatic heterocycles. The normalized spacial score (nSPS) is 10.5. The predicted octanol–water partition coefficient (Wildman–Crippen LogP) is 14.6. The molecule has 12 heteroatoms. The molecule has 0 saturated heterocycles. The van der Waals surface area contributed by atoms with E-state index >= 15 is 0 Å². The second-order valence-corrected chi connectivity index (χ2v) is 20.8. The number of rotatable bonds is 18. The molecule has 434 valence electrons. The average Bonchev–Trinajstić information content (AvgIpc) is 1.48. The molecule has 91 heavy (non-hydrogen) atoms. The lowest BCUT2D eigenvalue weighted by Gasteiger charge is -2.26. The molecule has 12 nitrogen and oxygen atoms in total. The van der Waals surface area contributed by atoms with Gasteiger partial charge in [0.25, 0.3) is 0 Å². The molecule has 0 unspecified atom stereocenters. The second kappa shape index (κ2) is 28.7. The first kappa shape index (κ1) is 58.7. The van der Waals surface area contributed by atoms with Gasteiger partial charge in [-0.3, -0.25) is 44.3 Å². The van der Waals surface area contributed by atoms with Crippen molar-refractivity contribution in [3.63, 3.8) is 0 Å². The molecule has 0 radical (unpaired) electrons. The summed E-state index contributed by atoms with van der Waals surface area (Å²) in [7, 11) is 0. The highest BCUT2D eigenvalue weighted by Gasteiger charge is 2.27. The highest BCUT2D eigenvalue weighted by molar-refractivity contribution is 5.76. The Balaban J connectivity index is 0.776. The molecule has 6 aromatic carbocycles. The van der Waals surface area contributed by atoms with Crippen molar-refractivity contribution in [2.45, 2.75) is 25.7 Å². The summed E-state index contributed by atoms with van der Waals surface area (Å²) in [5.74, 6) is 20.3. The largest absolute Gasteiger partial charge is 0.489 e.